The van der Waals surface area contributed by atoms with Crippen LogP contribution in [0.2, 0.25) is 0 Å². The topological polar surface area (TPSA) is 44.1 Å². The Labute approximate surface area is 100 Å². The highest BCUT2D eigenvalue weighted by Crippen LogP contribution is 2.22. The molecule has 1 aromatic carbocycles. The van der Waals surface area contributed by atoms with Crippen molar-refractivity contribution in [3.05, 3.63) is 23.9 Å². The SMILES string of the molecule is CC(C)COc1ccc2nn(C)c(C=O)c2c1. The van der Waals surface area contributed by atoms with E-state index in [9.17, 15) is 4.79 Å². The van der Waals surface area contributed by atoms with Gasteiger partial charge in [0.2, 0.25) is 0 Å². The molecule has 2 aromatic rings. The maximum absolute atomic E-state index is 11.0. The van der Waals surface area contributed by atoms with Gasteiger partial charge in [0.15, 0.2) is 6.29 Å². The number of benzene rings is 1. The number of hydrogen-bond donors (Lipinski definition) is 0. The number of carbonyl (C=O) groups is 1. The Morgan fingerprint density at radius 3 is 2.88 bits per heavy atom. The summed E-state index contributed by atoms with van der Waals surface area (Å²) >= 11 is 0. The van der Waals surface area contributed by atoms with E-state index < -0.39 is 0 Å². The van der Waals surface area contributed by atoms with Gasteiger partial charge in [-0.2, -0.15) is 5.10 Å². The van der Waals surface area contributed by atoms with Gasteiger partial charge in [0.05, 0.1) is 12.1 Å². The summed E-state index contributed by atoms with van der Waals surface area (Å²) in [6.45, 7) is 4.86. The first-order chi connectivity index (χ1) is 8.11. The van der Waals surface area contributed by atoms with E-state index in [0.717, 1.165) is 22.9 Å². The summed E-state index contributed by atoms with van der Waals surface area (Å²) in [7, 11) is 1.76. The second-order valence-corrected chi connectivity index (χ2v) is 4.51. The zero-order valence-corrected chi connectivity index (χ0v) is 10.3. The lowest BCUT2D eigenvalue weighted by molar-refractivity contribution is 0.111. The minimum Gasteiger partial charge on any atom is -0.493 e. The summed E-state index contributed by atoms with van der Waals surface area (Å²) in [5, 5.41) is 5.09. The lowest BCUT2D eigenvalue weighted by Gasteiger charge is -2.08. The van der Waals surface area contributed by atoms with Gasteiger partial charge in [-0.05, 0) is 24.1 Å². The van der Waals surface area contributed by atoms with E-state index in [2.05, 4.69) is 18.9 Å². The van der Waals surface area contributed by atoms with Gasteiger partial charge in [0, 0.05) is 12.4 Å². The van der Waals surface area contributed by atoms with Crippen LogP contribution in [0, 0.1) is 5.92 Å². The second-order valence-electron chi connectivity index (χ2n) is 4.51. The minimum atomic E-state index is 0.477. The summed E-state index contributed by atoms with van der Waals surface area (Å²) < 4.78 is 7.22. The van der Waals surface area contributed by atoms with E-state index in [1.165, 1.54) is 0 Å². The molecule has 0 saturated heterocycles. The molecule has 0 bridgehead atoms. The molecule has 0 unspecified atom stereocenters. The van der Waals surface area contributed by atoms with Crippen LogP contribution in [-0.4, -0.2) is 22.7 Å². The van der Waals surface area contributed by atoms with E-state index in [1.807, 2.05) is 18.2 Å². The smallest absolute Gasteiger partial charge is 0.168 e. The van der Waals surface area contributed by atoms with Crippen molar-refractivity contribution in [2.75, 3.05) is 6.61 Å². The van der Waals surface area contributed by atoms with E-state index >= 15 is 0 Å². The van der Waals surface area contributed by atoms with Gasteiger partial charge in [-0.25, -0.2) is 0 Å². The van der Waals surface area contributed by atoms with Crippen molar-refractivity contribution < 1.29 is 9.53 Å². The van der Waals surface area contributed by atoms with Gasteiger partial charge in [0.1, 0.15) is 11.4 Å². The van der Waals surface area contributed by atoms with Crippen LogP contribution in [0.25, 0.3) is 10.9 Å². The number of ether oxygens (including phenoxy) is 1. The van der Waals surface area contributed by atoms with Gasteiger partial charge in [-0.1, -0.05) is 13.8 Å². The third-order valence-corrected chi connectivity index (χ3v) is 2.55. The van der Waals surface area contributed by atoms with Crippen LogP contribution in [0.5, 0.6) is 5.75 Å². The molecule has 0 N–H and O–H groups in total. The average Bonchev–Trinajstić information content (AvgIpc) is 2.61. The fraction of sp³-hybridized carbons (Fsp3) is 0.385. The Bertz CT molecular complexity index is 544. The van der Waals surface area contributed by atoms with Crippen LogP contribution in [0.4, 0.5) is 0 Å². The van der Waals surface area contributed by atoms with Crippen LogP contribution >= 0.6 is 0 Å². The van der Waals surface area contributed by atoms with Gasteiger partial charge in [-0.15, -0.1) is 0 Å². The maximum Gasteiger partial charge on any atom is 0.168 e. The Morgan fingerprint density at radius 1 is 1.47 bits per heavy atom. The van der Waals surface area contributed by atoms with E-state index in [-0.39, 0.29) is 0 Å². The number of nitrogens with zero attached hydrogens (tertiary/aromatic N) is 2. The highest BCUT2D eigenvalue weighted by atomic mass is 16.5. The largest absolute Gasteiger partial charge is 0.493 e. The first kappa shape index (κ1) is 11.6. The third-order valence-electron chi connectivity index (χ3n) is 2.55. The molecule has 0 amide bonds. The minimum absolute atomic E-state index is 0.477. The molecule has 0 atom stereocenters. The number of carbonyl (C=O) groups excluding carboxylic acids is 1. The van der Waals surface area contributed by atoms with Crippen molar-refractivity contribution in [2.45, 2.75) is 13.8 Å². The van der Waals surface area contributed by atoms with Crippen molar-refractivity contribution in [2.24, 2.45) is 13.0 Å². The Balaban J connectivity index is 2.38. The van der Waals surface area contributed by atoms with Crippen LogP contribution < -0.4 is 4.74 Å². The standard InChI is InChI=1S/C13H16N2O2/c1-9(2)8-17-10-4-5-12-11(6-10)13(7-16)15(3)14-12/h4-7,9H,8H2,1-3H3. The first-order valence-corrected chi connectivity index (χ1v) is 5.66. The number of aryl methyl sites for hydroxylation is 1. The van der Waals surface area contributed by atoms with Gasteiger partial charge in [0.25, 0.3) is 0 Å². The Hall–Kier alpha value is -1.84. The van der Waals surface area contributed by atoms with Crippen molar-refractivity contribution in [3.63, 3.8) is 0 Å². The van der Waals surface area contributed by atoms with Gasteiger partial charge >= 0.3 is 0 Å². The van der Waals surface area contributed by atoms with E-state index in [0.29, 0.717) is 18.2 Å². The summed E-state index contributed by atoms with van der Waals surface area (Å²) in [6.07, 6.45) is 0.821. The molecule has 2 rings (SSSR count). The van der Waals surface area contributed by atoms with Gasteiger partial charge in [-0.3, -0.25) is 9.48 Å². The van der Waals surface area contributed by atoms with Crippen molar-refractivity contribution in [1.82, 2.24) is 9.78 Å². The summed E-state index contributed by atoms with van der Waals surface area (Å²) in [5.41, 5.74) is 1.39. The highest BCUT2D eigenvalue weighted by Gasteiger charge is 2.09. The molecule has 0 radical (unpaired) electrons. The zero-order valence-electron chi connectivity index (χ0n) is 10.3. The number of aldehydes is 1. The first-order valence-electron chi connectivity index (χ1n) is 5.66. The molecule has 0 aliphatic carbocycles. The average molecular weight is 232 g/mol. The van der Waals surface area contributed by atoms with Crippen LogP contribution in [0.15, 0.2) is 18.2 Å². The lowest BCUT2D eigenvalue weighted by atomic mass is 10.2. The molecule has 1 heterocycles. The summed E-state index contributed by atoms with van der Waals surface area (Å²) in [6, 6.07) is 5.62. The Morgan fingerprint density at radius 2 is 2.24 bits per heavy atom. The molecule has 0 saturated carbocycles. The predicted octanol–water partition coefficient (Wildman–Crippen LogP) is 2.42. The van der Waals surface area contributed by atoms with Crippen LogP contribution in [0.3, 0.4) is 0 Å². The molecule has 0 aliphatic heterocycles. The summed E-state index contributed by atoms with van der Waals surface area (Å²) in [4.78, 5) is 11.0. The van der Waals surface area contributed by atoms with Crippen molar-refractivity contribution in [3.8, 4) is 5.75 Å². The lowest BCUT2D eigenvalue weighted by Crippen LogP contribution is -2.04. The molecule has 1 aromatic heterocycles. The monoisotopic (exact) mass is 232 g/mol. The molecule has 17 heavy (non-hydrogen) atoms. The zero-order chi connectivity index (χ0) is 12.4. The van der Waals surface area contributed by atoms with Crippen molar-refractivity contribution >= 4 is 17.2 Å². The molecular formula is C13H16N2O2. The fourth-order valence-corrected chi connectivity index (χ4v) is 1.69. The number of fused-ring (bicyclic) bond motifs is 1. The molecular weight excluding hydrogens is 216 g/mol. The van der Waals surface area contributed by atoms with Crippen LogP contribution in [-0.2, 0) is 7.05 Å². The number of aromatic nitrogens is 2. The molecule has 0 fully saturated rings. The number of rotatable bonds is 4. The Kier molecular flexibility index (Phi) is 3.13. The van der Waals surface area contributed by atoms with Gasteiger partial charge < -0.3 is 4.74 Å². The second kappa shape index (κ2) is 4.57. The third kappa shape index (κ3) is 2.30. The quantitative estimate of drug-likeness (QED) is 0.760. The van der Waals surface area contributed by atoms with Crippen molar-refractivity contribution in [1.29, 1.82) is 0 Å². The maximum atomic E-state index is 11.0. The molecule has 0 aliphatic rings. The molecule has 4 nitrogen and oxygen atoms in total. The highest BCUT2D eigenvalue weighted by molar-refractivity contribution is 5.95. The normalized spacial score (nSPS) is 11.1. The predicted molar refractivity (Wildman–Crippen MR) is 66.4 cm³/mol. The summed E-state index contributed by atoms with van der Waals surface area (Å²) in [5.74, 6) is 1.26. The molecule has 0 spiro atoms. The van der Waals surface area contributed by atoms with Crippen LogP contribution in [0.1, 0.15) is 24.3 Å². The molecule has 90 valence electrons. The number of hydrogen-bond acceptors (Lipinski definition) is 3. The van der Waals surface area contributed by atoms with E-state index in [4.69, 9.17) is 4.74 Å². The fourth-order valence-electron chi connectivity index (χ4n) is 1.69. The van der Waals surface area contributed by atoms with E-state index in [1.54, 1.807) is 11.7 Å². The molecule has 4 heteroatoms.